The average molecular weight is 622 g/mol. The van der Waals surface area contributed by atoms with E-state index in [1.54, 1.807) is 12.2 Å². The number of hydrogen-bond donors (Lipinski definition) is 4. The van der Waals surface area contributed by atoms with Crippen LogP contribution in [0.5, 0.6) is 0 Å². The SMILES string of the molecule is C=CCC[C@H](NC(=O)OCC1c2ccccc2-c2ccccc21)C(=O)OCCNC(=O)[C@@H](CC=C)CC(=O)NCCOCCO. The van der Waals surface area contributed by atoms with Crippen LogP contribution in [0.25, 0.3) is 11.1 Å². The zero-order chi connectivity index (χ0) is 32.4. The highest BCUT2D eigenvalue weighted by Gasteiger charge is 2.30. The van der Waals surface area contributed by atoms with Gasteiger partial charge in [0.05, 0.1) is 32.3 Å². The van der Waals surface area contributed by atoms with Crippen LogP contribution in [0, 0.1) is 5.92 Å². The summed E-state index contributed by atoms with van der Waals surface area (Å²) in [7, 11) is 0. The number of fused-ring (bicyclic) bond motifs is 3. The molecule has 1 aliphatic carbocycles. The van der Waals surface area contributed by atoms with E-state index in [4.69, 9.17) is 19.3 Å². The summed E-state index contributed by atoms with van der Waals surface area (Å²) >= 11 is 0. The first-order valence-electron chi connectivity index (χ1n) is 15.1. The van der Waals surface area contributed by atoms with Crippen molar-refractivity contribution in [1.82, 2.24) is 16.0 Å². The van der Waals surface area contributed by atoms with Gasteiger partial charge < -0.3 is 35.3 Å². The molecule has 4 N–H and O–H groups in total. The lowest BCUT2D eigenvalue weighted by Crippen LogP contribution is -2.43. The molecule has 1 aliphatic rings. The summed E-state index contributed by atoms with van der Waals surface area (Å²) in [4.78, 5) is 50.5. The third kappa shape index (κ3) is 10.9. The Kier molecular flexibility index (Phi) is 14.8. The van der Waals surface area contributed by atoms with Crippen molar-refractivity contribution in [2.75, 3.05) is 46.1 Å². The van der Waals surface area contributed by atoms with Gasteiger partial charge in [-0.3, -0.25) is 9.59 Å². The molecule has 242 valence electrons. The number of aliphatic hydroxyl groups excluding tert-OH is 1. The number of allylic oxidation sites excluding steroid dienone is 2. The van der Waals surface area contributed by atoms with Crippen LogP contribution in [0.3, 0.4) is 0 Å². The van der Waals surface area contributed by atoms with Gasteiger partial charge in [0.25, 0.3) is 0 Å². The van der Waals surface area contributed by atoms with Crippen LogP contribution in [0.4, 0.5) is 4.79 Å². The number of ether oxygens (including phenoxy) is 3. The number of nitrogens with one attached hydrogen (secondary N) is 3. The van der Waals surface area contributed by atoms with Gasteiger partial charge in [-0.1, -0.05) is 60.7 Å². The van der Waals surface area contributed by atoms with Crippen molar-refractivity contribution in [2.45, 2.75) is 37.6 Å². The topological polar surface area (TPSA) is 152 Å². The maximum absolute atomic E-state index is 12.8. The Balaban J connectivity index is 1.44. The van der Waals surface area contributed by atoms with Gasteiger partial charge in [-0.15, -0.1) is 13.2 Å². The minimum Gasteiger partial charge on any atom is -0.462 e. The Hall–Kier alpha value is -4.48. The number of rotatable bonds is 20. The number of benzene rings is 2. The van der Waals surface area contributed by atoms with Crippen molar-refractivity contribution in [3.05, 3.63) is 85.0 Å². The molecule has 0 unspecified atom stereocenters. The summed E-state index contributed by atoms with van der Waals surface area (Å²) < 4.78 is 16.0. The van der Waals surface area contributed by atoms with Crippen molar-refractivity contribution >= 4 is 23.9 Å². The van der Waals surface area contributed by atoms with E-state index in [2.05, 4.69) is 29.1 Å². The maximum Gasteiger partial charge on any atom is 0.407 e. The minimum atomic E-state index is -0.965. The highest BCUT2D eigenvalue weighted by Crippen LogP contribution is 2.44. The van der Waals surface area contributed by atoms with E-state index in [0.29, 0.717) is 6.42 Å². The zero-order valence-corrected chi connectivity index (χ0v) is 25.5. The molecule has 0 radical (unpaired) electrons. The van der Waals surface area contributed by atoms with E-state index in [9.17, 15) is 19.2 Å². The second-order valence-corrected chi connectivity index (χ2v) is 10.5. The summed E-state index contributed by atoms with van der Waals surface area (Å²) in [6, 6.07) is 15.1. The molecule has 0 bridgehead atoms. The molecule has 0 aromatic heterocycles. The van der Waals surface area contributed by atoms with Crippen LogP contribution in [0.1, 0.15) is 42.7 Å². The Morgan fingerprint density at radius 2 is 1.53 bits per heavy atom. The number of amides is 3. The molecule has 45 heavy (non-hydrogen) atoms. The van der Waals surface area contributed by atoms with E-state index in [1.807, 2.05) is 48.5 Å². The van der Waals surface area contributed by atoms with Gasteiger partial charge in [0.2, 0.25) is 11.8 Å². The van der Waals surface area contributed by atoms with Gasteiger partial charge >= 0.3 is 12.1 Å². The molecule has 0 saturated carbocycles. The van der Waals surface area contributed by atoms with Gasteiger partial charge in [0, 0.05) is 18.9 Å². The Bertz CT molecular complexity index is 1270. The first-order valence-corrected chi connectivity index (χ1v) is 15.1. The van der Waals surface area contributed by atoms with Crippen LogP contribution < -0.4 is 16.0 Å². The van der Waals surface area contributed by atoms with Gasteiger partial charge in [-0.05, 0) is 41.5 Å². The van der Waals surface area contributed by atoms with Crippen molar-refractivity contribution in [3.8, 4) is 11.1 Å². The minimum absolute atomic E-state index is 0.0218. The third-order valence-corrected chi connectivity index (χ3v) is 7.28. The quantitative estimate of drug-likeness (QED) is 0.1000. The van der Waals surface area contributed by atoms with Crippen LogP contribution in [0.15, 0.2) is 73.8 Å². The molecule has 3 amide bonds. The predicted molar refractivity (Wildman–Crippen MR) is 169 cm³/mol. The molecular weight excluding hydrogens is 578 g/mol. The van der Waals surface area contributed by atoms with E-state index >= 15 is 0 Å². The lowest BCUT2D eigenvalue weighted by atomic mass is 9.98. The molecule has 11 heteroatoms. The first-order chi connectivity index (χ1) is 21.9. The van der Waals surface area contributed by atoms with Gasteiger partial charge in [-0.25, -0.2) is 9.59 Å². The van der Waals surface area contributed by atoms with Gasteiger partial charge in [0.1, 0.15) is 19.3 Å². The number of aliphatic hydroxyl groups is 1. The molecule has 0 saturated heterocycles. The number of carbonyl (C=O) groups is 4. The van der Waals surface area contributed by atoms with Gasteiger partial charge in [0.15, 0.2) is 0 Å². The normalized spacial score (nSPS) is 13.0. The Labute approximate surface area is 264 Å². The monoisotopic (exact) mass is 621 g/mol. The average Bonchev–Trinajstić information content (AvgIpc) is 3.37. The maximum atomic E-state index is 12.8. The highest BCUT2D eigenvalue weighted by molar-refractivity contribution is 5.86. The molecule has 0 heterocycles. The molecule has 0 spiro atoms. The predicted octanol–water partition coefficient (Wildman–Crippen LogP) is 3.23. The fourth-order valence-electron chi connectivity index (χ4n) is 5.10. The van der Waals surface area contributed by atoms with E-state index in [-0.39, 0.29) is 83.1 Å². The van der Waals surface area contributed by atoms with E-state index in [1.165, 1.54) is 0 Å². The summed E-state index contributed by atoms with van der Waals surface area (Å²) in [6.45, 7) is 7.93. The number of hydrogen-bond acceptors (Lipinski definition) is 8. The van der Waals surface area contributed by atoms with Gasteiger partial charge in [-0.2, -0.15) is 0 Å². The third-order valence-electron chi connectivity index (χ3n) is 7.28. The molecule has 3 rings (SSSR count). The molecular formula is C34H43N3O8. The summed E-state index contributed by atoms with van der Waals surface area (Å²) in [5.74, 6) is -2.12. The zero-order valence-electron chi connectivity index (χ0n) is 25.5. The van der Waals surface area contributed by atoms with Crippen molar-refractivity contribution in [1.29, 1.82) is 0 Å². The van der Waals surface area contributed by atoms with Crippen LogP contribution in [-0.2, 0) is 28.6 Å². The number of esters is 1. The largest absolute Gasteiger partial charge is 0.462 e. The van der Waals surface area contributed by atoms with Crippen molar-refractivity contribution in [3.63, 3.8) is 0 Å². The lowest BCUT2D eigenvalue weighted by molar-refractivity contribution is -0.146. The second-order valence-electron chi connectivity index (χ2n) is 10.5. The smallest absolute Gasteiger partial charge is 0.407 e. The Morgan fingerprint density at radius 1 is 0.867 bits per heavy atom. The van der Waals surface area contributed by atoms with Crippen LogP contribution in [0.2, 0.25) is 0 Å². The fourth-order valence-corrected chi connectivity index (χ4v) is 5.10. The Morgan fingerprint density at radius 3 is 2.18 bits per heavy atom. The van der Waals surface area contributed by atoms with E-state index < -0.39 is 24.0 Å². The van der Waals surface area contributed by atoms with Crippen molar-refractivity contribution < 1.29 is 38.5 Å². The number of carbonyl (C=O) groups excluding carboxylic acids is 4. The molecule has 11 nitrogen and oxygen atoms in total. The molecule has 2 atom stereocenters. The molecule has 2 aromatic carbocycles. The molecule has 0 fully saturated rings. The van der Waals surface area contributed by atoms with Crippen LogP contribution >= 0.6 is 0 Å². The van der Waals surface area contributed by atoms with E-state index in [0.717, 1.165) is 22.3 Å². The summed E-state index contributed by atoms with van der Waals surface area (Å²) in [5, 5.41) is 16.7. The standard InChI is InChI=1S/C34H43N3O8/c1-3-5-15-30(37-34(42)45-23-29-27-13-8-6-11-25(27)26-12-7-9-14-28(26)29)33(41)44-20-17-36-32(40)24(10-4-2)22-31(39)35-16-19-43-21-18-38/h3-4,6-9,11-14,24,29-30,38H,1-2,5,10,15-23H2,(H,35,39)(H,36,40)(H,37,42)/t24-,30-/m0/s1. The number of alkyl carbamates (subject to hydrolysis) is 1. The molecule has 2 aromatic rings. The first kappa shape index (κ1) is 35.0. The summed E-state index contributed by atoms with van der Waals surface area (Å²) in [6.07, 6.45) is 3.42. The fraction of sp³-hybridized carbons (Fsp3) is 0.412. The second kappa shape index (κ2) is 19.0. The van der Waals surface area contributed by atoms with Crippen LogP contribution in [-0.4, -0.2) is 81.1 Å². The van der Waals surface area contributed by atoms with Crippen molar-refractivity contribution in [2.24, 2.45) is 5.92 Å². The highest BCUT2D eigenvalue weighted by atomic mass is 16.6. The molecule has 0 aliphatic heterocycles. The summed E-state index contributed by atoms with van der Waals surface area (Å²) in [5.41, 5.74) is 4.38. The lowest BCUT2D eigenvalue weighted by Gasteiger charge is -2.19.